The number of cyclic esters (lactones) is 1. The van der Waals surface area contributed by atoms with E-state index >= 15 is 0 Å². The topological polar surface area (TPSA) is 225 Å². The molecule has 2 saturated heterocycles. The molecule has 4 saturated carbocycles. The minimum atomic E-state index is -1.67. The summed E-state index contributed by atoms with van der Waals surface area (Å²) in [5, 5.41) is 85.8. The van der Waals surface area contributed by atoms with Gasteiger partial charge in [-0.2, -0.15) is 0 Å². The molecule has 0 unspecified atom stereocenters. The molecule has 3 aliphatic heterocycles. The number of carbonyl (C=O) groups is 1. The Morgan fingerprint density at radius 3 is 2.27 bits per heavy atom. The lowest BCUT2D eigenvalue weighted by molar-refractivity contribution is -0.360. The van der Waals surface area contributed by atoms with E-state index in [0.717, 1.165) is 37.7 Å². The van der Waals surface area contributed by atoms with Crippen molar-refractivity contribution < 1.29 is 69.3 Å². The van der Waals surface area contributed by atoms with Crippen LogP contribution in [0.5, 0.6) is 0 Å². The van der Waals surface area contributed by atoms with E-state index in [-0.39, 0.29) is 53.2 Å². The first-order chi connectivity index (χ1) is 23.3. The largest absolute Gasteiger partial charge is 0.458 e. The molecule has 8 N–H and O–H groups in total. The Morgan fingerprint density at radius 1 is 0.837 bits per heavy atom. The number of ether oxygens (including phenoxy) is 5. The summed E-state index contributed by atoms with van der Waals surface area (Å²) in [7, 11) is 0. The van der Waals surface area contributed by atoms with Gasteiger partial charge in [-0.25, -0.2) is 4.79 Å². The highest BCUT2D eigenvalue weighted by atomic mass is 16.7. The summed E-state index contributed by atoms with van der Waals surface area (Å²) >= 11 is 0. The third-order valence-electron chi connectivity index (χ3n) is 14.2. The van der Waals surface area contributed by atoms with Crippen LogP contribution < -0.4 is 0 Å². The summed E-state index contributed by atoms with van der Waals surface area (Å²) in [6.45, 7) is 3.47. The minimum absolute atomic E-state index is 0.0184. The maximum atomic E-state index is 12.5. The Bertz CT molecular complexity index is 1260. The van der Waals surface area contributed by atoms with E-state index in [1.54, 1.807) is 13.0 Å². The van der Waals surface area contributed by atoms with Gasteiger partial charge < -0.3 is 64.5 Å². The molecule has 7 aliphatic rings. The number of aliphatic hydroxyl groups is 8. The molecule has 278 valence electrons. The third-order valence-corrected chi connectivity index (χ3v) is 14.2. The van der Waals surface area contributed by atoms with E-state index in [4.69, 9.17) is 23.7 Å². The Balaban J connectivity index is 0.995. The lowest BCUT2D eigenvalue weighted by Gasteiger charge is -2.64. The van der Waals surface area contributed by atoms with Crippen molar-refractivity contribution >= 4 is 5.97 Å². The fourth-order valence-corrected chi connectivity index (χ4v) is 11.4. The van der Waals surface area contributed by atoms with Gasteiger partial charge in [0.25, 0.3) is 0 Å². The number of hydrogen-bond donors (Lipinski definition) is 8. The maximum Gasteiger partial charge on any atom is 0.331 e. The zero-order valence-corrected chi connectivity index (χ0v) is 28.3. The minimum Gasteiger partial charge on any atom is -0.458 e. The van der Waals surface area contributed by atoms with Crippen molar-refractivity contribution in [3.63, 3.8) is 0 Å². The molecule has 0 aromatic rings. The first-order valence-electron chi connectivity index (χ1n) is 18.1. The lowest BCUT2D eigenvalue weighted by atomic mass is 9.43. The average molecular weight is 699 g/mol. The van der Waals surface area contributed by atoms with Gasteiger partial charge in [-0.3, -0.25) is 0 Å². The van der Waals surface area contributed by atoms with Crippen molar-refractivity contribution in [3.05, 3.63) is 11.6 Å². The molecule has 49 heavy (non-hydrogen) atoms. The van der Waals surface area contributed by atoms with Crippen LogP contribution in [0.3, 0.4) is 0 Å². The predicted molar refractivity (Wildman–Crippen MR) is 167 cm³/mol. The smallest absolute Gasteiger partial charge is 0.331 e. The molecule has 0 amide bonds. The van der Waals surface area contributed by atoms with Crippen molar-refractivity contribution in [1.29, 1.82) is 0 Å². The Kier molecular flexibility index (Phi) is 9.80. The van der Waals surface area contributed by atoms with E-state index < -0.39 is 73.6 Å². The molecule has 14 nitrogen and oxygen atoms in total. The Morgan fingerprint density at radius 2 is 1.57 bits per heavy atom. The van der Waals surface area contributed by atoms with E-state index in [9.17, 15) is 45.6 Å². The number of aliphatic hydroxyl groups excluding tert-OH is 7. The van der Waals surface area contributed by atoms with Gasteiger partial charge in [-0.15, -0.1) is 0 Å². The van der Waals surface area contributed by atoms with Crippen LogP contribution in [-0.2, 0) is 28.5 Å². The first kappa shape index (κ1) is 36.1. The molecule has 14 heteroatoms. The molecule has 0 radical (unpaired) electrons. The fraction of sp³-hybridized carbons (Fsp3) is 0.914. The second-order valence-electron chi connectivity index (χ2n) is 16.2. The van der Waals surface area contributed by atoms with Crippen LogP contribution in [0.15, 0.2) is 11.6 Å². The number of rotatable bonds is 7. The maximum absolute atomic E-state index is 12.5. The molecule has 0 bridgehead atoms. The van der Waals surface area contributed by atoms with Crippen molar-refractivity contribution in [1.82, 2.24) is 0 Å². The van der Waals surface area contributed by atoms with Crippen molar-refractivity contribution in [2.45, 2.75) is 145 Å². The number of fused-ring (bicyclic) bond motifs is 5. The highest BCUT2D eigenvalue weighted by Crippen LogP contribution is 2.70. The monoisotopic (exact) mass is 698 g/mol. The van der Waals surface area contributed by atoms with E-state index in [1.165, 1.54) is 0 Å². The van der Waals surface area contributed by atoms with E-state index in [0.29, 0.717) is 32.3 Å². The van der Waals surface area contributed by atoms with Crippen LogP contribution in [0.4, 0.5) is 0 Å². The normalized spacial score (nSPS) is 54.4. The molecular formula is C35H54O14. The quantitative estimate of drug-likeness (QED) is 0.121. The number of esters is 1. The highest BCUT2D eigenvalue weighted by Gasteiger charge is 2.68. The van der Waals surface area contributed by atoms with Gasteiger partial charge in [0, 0.05) is 18.1 Å². The van der Waals surface area contributed by atoms with Gasteiger partial charge in [0.1, 0.15) is 49.3 Å². The molecule has 6 fully saturated rings. The third kappa shape index (κ3) is 5.64. The molecule has 0 aromatic heterocycles. The Hall–Kier alpha value is -1.27. The highest BCUT2D eigenvalue weighted by molar-refractivity contribution is 5.85. The fourth-order valence-electron chi connectivity index (χ4n) is 11.4. The molecular weight excluding hydrogens is 644 g/mol. The first-order valence-corrected chi connectivity index (χ1v) is 18.1. The van der Waals surface area contributed by atoms with Gasteiger partial charge in [-0.05, 0) is 99.4 Å². The molecule has 0 aromatic carbocycles. The van der Waals surface area contributed by atoms with Gasteiger partial charge in [0.2, 0.25) is 0 Å². The van der Waals surface area contributed by atoms with Gasteiger partial charge in [0.15, 0.2) is 12.6 Å². The van der Waals surface area contributed by atoms with Gasteiger partial charge >= 0.3 is 5.97 Å². The standard InChI is InChI=1S/C35H54O14/c1-16-30(49-32-28(42)26(40)25(39)23(13-36)48-32)27(41)29(43)31(46-16)47-19-5-9-34(15-37)18(12-19)3-4-22-21(34)6-8-33(2)20(7-10-35(22,33)44)17-11-24(38)45-14-17/h11,16,18-23,25-32,36-37,39-44H,3-10,12-15H2,1-2H3/t16-,18+,19+,20-,21-,22-,23-,25-,26+,27+,28-,29-,30-,31+,32+,33-,34-,35+/m1/s1. The number of carbonyl (C=O) groups excluding carboxylic acids is 1. The van der Waals surface area contributed by atoms with Crippen LogP contribution in [0.1, 0.15) is 71.6 Å². The molecule has 7 rings (SSSR count). The summed E-state index contributed by atoms with van der Waals surface area (Å²) in [4.78, 5) is 11.9. The second-order valence-corrected chi connectivity index (χ2v) is 16.2. The van der Waals surface area contributed by atoms with Crippen LogP contribution >= 0.6 is 0 Å². The van der Waals surface area contributed by atoms with E-state index in [2.05, 4.69) is 6.92 Å². The van der Waals surface area contributed by atoms with Crippen molar-refractivity contribution in [3.8, 4) is 0 Å². The molecule has 4 aliphatic carbocycles. The zero-order chi connectivity index (χ0) is 35.0. The second kappa shape index (κ2) is 13.3. The lowest BCUT2D eigenvalue weighted by Crippen LogP contribution is -2.64. The van der Waals surface area contributed by atoms with Gasteiger partial charge in [0.05, 0.1) is 24.4 Å². The molecule has 3 heterocycles. The molecule has 0 spiro atoms. The number of hydrogen-bond acceptors (Lipinski definition) is 14. The molecule has 18 atom stereocenters. The van der Waals surface area contributed by atoms with Crippen molar-refractivity contribution in [2.75, 3.05) is 19.8 Å². The van der Waals surface area contributed by atoms with Gasteiger partial charge in [-0.1, -0.05) is 6.92 Å². The van der Waals surface area contributed by atoms with Crippen LogP contribution in [0, 0.1) is 34.5 Å². The summed E-state index contributed by atoms with van der Waals surface area (Å²) in [5.74, 6) is 0.104. The summed E-state index contributed by atoms with van der Waals surface area (Å²) in [6, 6.07) is 0. The van der Waals surface area contributed by atoms with Crippen LogP contribution in [-0.4, -0.2) is 140 Å². The van der Waals surface area contributed by atoms with E-state index in [1.807, 2.05) is 0 Å². The van der Waals surface area contributed by atoms with Crippen LogP contribution in [0.2, 0.25) is 0 Å². The van der Waals surface area contributed by atoms with Crippen LogP contribution in [0.25, 0.3) is 0 Å². The predicted octanol–water partition coefficient (Wildman–Crippen LogP) is -0.747. The Labute approximate surface area is 285 Å². The SMILES string of the molecule is C[C@H]1O[C@@H](O[C@H]2CC[C@@]3(CO)[C@@H](CC[C@@H]4[C@H]3CC[C@]3(C)[C@@H](C5=CC(=O)OC5)CC[C@]43O)C2)[C@H](O)[C@H](O)[C@@H]1O[C@@H]1O[C@H](CO)[C@@H](O)[C@H](O)[C@H]1O. The van der Waals surface area contributed by atoms with Crippen molar-refractivity contribution in [2.24, 2.45) is 34.5 Å². The average Bonchev–Trinajstić information content (AvgIpc) is 3.64. The summed E-state index contributed by atoms with van der Waals surface area (Å²) < 4.78 is 28.7. The zero-order valence-electron chi connectivity index (χ0n) is 28.3. The summed E-state index contributed by atoms with van der Waals surface area (Å²) in [5.41, 5.74) is -0.641. The summed E-state index contributed by atoms with van der Waals surface area (Å²) in [6.07, 6.45) is -5.76.